The molecule has 0 aliphatic carbocycles. The lowest BCUT2D eigenvalue weighted by Crippen LogP contribution is -2.31. The lowest BCUT2D eigenvalue weighted by Gasteiger charge is -2.17. The van der Waals surface area contributed by atoms with Crippen LogP contribution in [0.2, 0.25) is 0 Å². The van der Waals surface area contributed by atoms with E-state index in [0.29, 0.717) is 23.7 Å². The first-order chi connectivity index (χ1) is 9.56. The second-order valence-corrected chi connectivity index (χ2v) is 4.95. The number of nitrogens with two attached hydrogens (primary N) is 1. The van der Waals surface area contributed by atoms with Gasteiger partial charge < -0.3 is 15.8 Å². The second-order valence-electron chi connectivity index (χ2n) is 4.95. The van der Waals surface area contributed by atoms with Gasteiger partial charge in [-0.25, -0.2) is 0 Å². The van der Waals surface area contributed by atoms with Crippen LogP contribution in [0.1, 0.15) is 26.2 Å². The van der Waals surface area contributed by atoms with Crippen LogP contribution in [0.4, 0.5) is 11.4 Å². The van der Waals surface area contributed by atoms with Crippen LogP contribution in [0.25, 0.3) is 0 Å². The molecule has 1 rings (SSSR count). The molecule has 0 aromatic heterocycles. The Morgan fingerprint density at radius 2 is 2.15 bits per heavy atom. The summed E-state index contributed by atoms with van der Waals surface area (Å²) in [6, 6.07) is 5.19. The number of nitrogens with one attached hydrogen (secondary N) is 1. The highest BCUT2D eigenvalue weighted by Gasteiger charge is 2.10. The average molecular weight is 279 g/mol. The predicted molar refractivity (Wildman–Crippen MR) is 83.1 cm³/mol. The van der Waals surface area contributed by atoms with E-state index in [4.69, 9.17) is 10.5 Å². The fourth-order valence-electron chi connectivity index (χ4n) is 1.96. The summed E-state index contributed by atoms with van der Waals surface area (Å²) in [5.74, 6) is 0.527. The molecule has 0 unspecified atom stereocenters. The highest BCUT2D eigenvalue weighted by Crippen LogP contribution is 2.26. The SMILES string of the molecule is CCCCCN(C)CC(=O)Nc1ccc(N)cc1OC. The number of anilines is 2. The number of nitrogen functional groups attached to an aromatic ring is 1. The van der Waals surface area contributed by atoms with Crippen molar-refractivity contribution in [3.8, 4) is 5.75 Å². The number of hydrogen-bond donors (Lipinski definition) is 2. The minimum absolute atomic E-state index is 0.0490. The van der Waals surface area contributed by atoms with E-state index in [2.05, 4.69) is 12.2 Å². The molecular formula is C15H25N3O2. The topological polar surface area (TPSA) is 67.6 Å². The lowest BCUT2D eigenvalue weighted by atomic mass is 10.2. The molecule has 0 aliphatic rings. The average Bonchev–Trinajstić information content (AvgIpc) is 2.41. The number of unbranched alkanes of at least 4 members (excludes halogenated alkanes) is 2. The first-order valence-corrected chi connectivity index (χ1v) is 6.98. The first kappa shape index (κ1) is 16.3. The summed E-state index contributed by atoms with van der Waals surface area (Å²) in [6.45, 7) is 3.47. The quantitative estimate of drug-likeness (QED) is 0.566. The van der Waals surface area contributed by atoms with Crippen molar-refractivity contribution >= 4 is 17.3 Å². The number of ether oxygens (including phenoxy) is 1. The fraction of sp³-hybridized carbons (Fsp3) is 0.533. The van der Waals surface area contributed by atoms with Gasteiger partial charge in [-0.2, -0.15) is 0 Å². The molecule has 1 aromatic rings. The smallest absolute Gasteiger partial charge is 0.238 e. The van der Waals surface area contributed by atoms with Crippen molar-refractivity contribution in [3.63, 3.8) is 0 Å². The Morgan fingerprint density at radius 1 is 1.40 bits per heavy atom. The number of nitrogens with zero attached hydrogens (tertiary/aromatic N) is 1. The molecule has 0 saturated carbocycles. The maximum Gasteiger partial charge on any atom is 0.238 e. The molecule has 0 atom stereocenters. The molecule has 5 heteroatoms. The maximum atomic E-state index is 12.0. The Morgan fingerprint density at radius 3 is 2.80 bits per heavy atom. The zero-order valence-corrected chi connectivity index (χ0v) is 12.6. The molecule has 20 heavy (non-hydrogen) atoms. The van der Waals surface area contributed by atoms with Gasteiger partial charge in [0.1, 0.15) is 5.75 Å². The third-order valence-corrected chi connectivity index (χ3v) is 3.06. The zero-order valence-electron chi connectivity index (χ0n) is 12.6. The Hall–Kier alpha value is -1.75. The number of carbonyl (C=O) groups is 1. The molecule has 0 spiro atoms. The zero-order chi connectivity index (χ0) is 15.0. The Labute approximate surface area is 121 Å². The number of amides is 1. The summed E-state index contributed by atoms with van der Waals surface area (Å²) < 4.78 is 5.20. The summed E-state index contributed by atoms with van der Waals surface area (Å²) >= 11 is 0. The van der Waals surface area contributed by atoms with Crippen molar-refractivity contribution in [2.45, 2.75) is 26.2 Å². The van der Waals surface area contributed by atoms with Crippen LogP contribution in [0.15, 0.2) is 18.2 Å². The summed E-state index contributed by atoms with van der Waals surface area (Å²) in [5.41, 5.74) is 6.94. The maximum absolute atomic E-state index is 12.0. The van der Waals surface area contributed by atoms with Crippen molar-refractivity contribution in [2.24, 2.45) is 0 Å². The van der Waals surface area contributed by atoms with Gasteiger partial charge in [0.25, 0.3) is 0 Å². The van der Waals surface area contributed by atoms with Crippen LogP contribution in [0.3, 0.4) is 0 Å². The number of likely N-dealkylation sites (N-methyl/N-ethyl adjacent to an activating group) is 1. The summed E-state index contributed by atoms with van der Waals surface area (Å²) in [6.07, 6.45) is 3.49. The number of benzene rings is 1. The van der Waals surface area contributed by atoms with Crippen molar-refractivity contribution in [2.75, 3.05) is 38.3 Å². The fourth-order valence-corrected chi connectivity index (χ4v) is 1.96. The van der Waals surface area contributed by atoms with Gasteiger partial charge in [0.15, 0.2) is 0 Å². The van der Waals surface area contributed by atoms with Crippen molar-refractivity contribution in [1.29, 1.82) is 0 Å². The van der Waals surface area contributed by atoms with E-state index >= 15 is 0 Å². The van der Waals surface area contributed by atoms with Crippen LogP contribution >= 0.6 is 0 Å². The van der Waals surface area contributed by atoms with E-state index in [1.54, 1.807) is 25.3 Å². The van der Waals surface area contributed by atoms with E-state index in [1.165, 1.54) is 12.8 Å². The van der Waals surface area contributed by atoms with Crippen LogP contribution in [-0.4, -0.2) is 38.1 Å². The molecule has 0 heterocycles. The molecule has 1 amide bonds. The van der Waals surface area contributed by atoms with E-state index in [9.17, 15) is 4.79 Å². The van der Waals surface area contributed by atoms with Gasteiger partial charge in [-0.1, -0.05) is 19.8 Å². The standard InChI is InChI=1S/C15H25N3O2/c1-4-5-6-9-18(2)11-15(19)17-13-8-7-12(16)10-14(13)20-3/h7-8,10H,4-6,9,11,16H2,1-3H3,(H,17,19). The van der Waals surface area contributed by atoms with Crippen LogP contribution < -0.4 is 15.8 Å². The number of rotatable bonds is 8. The normalized spacial score (nSPS) is 10.6. The predicted octanol–water partition coefficient (Wildman–Crippen LogP) is 2.34. The molecule has 0 bridgehead atoms. The minimum atomic E-state index is -0.0490. The van der Waals surface area contributed by atoms with Gasteiger partial charge in [0.05, 0.1) is 19.3 Å². The van der Waals surface area contributed by atoms with Gasteiger partial charge in [-0.05, 0) is 32.1 Å². The van der Waals surface area contributed by atoms with Gasteiger partial charge >= 0.3 is 0 Å². The first-order valence-electron chi connectivity index (χ1n) is 6.98. The van der Waals surface area contributed by atoms with Crippen LogP contribution in [0.5, 0.6) is 5.75 Å². The molecule has 0 radical (unpaired) electrons. The molecular weight excluding hydrogens is 254 g/mol. The minimum Gasteiger partial charge on any atom is -0.494 e. The number of methoxy groups -OCH3 is 1. The van der Waals surface area contributed by atoms with Crippen LogP contribution in [-0.2, 0) is 4.79 Å². The molecule has 0 fully saturated rings. The highest BCUT2D eigenvalue weighted by molar-refractivity contribution is 5.94. The van der Waals surface area contributed by atoms with Gasteiger partial charge in [-0.15, -0.1) is 0 Å². The Balaban J connectivity index is 2.49. The summed E-state index contributed by atoms with van der Waals surface area (Å²) in [4.78, 5) is 14.0. The molecule has 5 nitrogen and oxygen atoms in total. The Kier molecular flexibility index (Phi) is 6.87. The van der Waals surface area contributed by atoms with E-state index in [0.717, 1.165) is 13.0 Å². The monoisotopic (exact) mass is 279 g/mol. The lowest BCUT2D eigenvalue weighted by molar-refractivity contribution is -0.117. The van der Waals surface area contributed by atoms with Crippen molar-refractivity contribution in [3.05, 3.63) is 18.2 Å². The Bertz CT molecular complexity index is 435. The molecule has 1 aromatic carbocycles. The third kappa shape index (κ3) is 5.48. The molecule has 112 valence electrons. The largest absolute Gasteiger partial charge is 0.494 e. The number of carbonyl (C=O) groups excluding carboxylic acids is 1. The molecule has 3 N–H and O–H groups in total. The van der Waals surface area contributed by atoms with Crippen molar-refractivity contribution in [1.82, 2.24) is 4.90 Å². The molecule has 0 aliphatic heterocycles. The van der Waals surface area contributed by atoms with Crippen LogP contribution in [0, 0.1) is 0 Å². The van der Waals surface area contributed by atoms with E-state index < -0.39 is 0 Å². The second kappa shape index (κ2) is 8.43. The van der Waals surface area contributed by atoms with E-state index in [-0.39, 0.29) is 5.91 Å². The van der Waals surface area contributed by atoms with Crippen molar-refractivity contribution < 1.29 is 9.53 Å². The van der Waals surface area contributed by atoms with E-state index in [1.807, 2.05) is 11.9 Å². The molecule has 0 saturated heterocycles. The van der Waals surface area contributed by atoms with Gasteiger partial charge in [-0.3, -0.25) is 9.69 Å². The highest BCUT2D eigenvalue weighted by atomic mass is 16.5. The summed E-state index contributed by atoms with van der Waals surface area (Å²) in [7, 11) is 3.51. The third-order valence-electron chi connectivity index (χ3n) is 3.06. The number of hydrogen-bond acceptors (Lipinski definition) is 4. The van der Waals surface area contributed by atoms with Gasteiger partial charge in [0, 0.05) is 11.8 Å². The summed E-state index contributed by atoms with van der Waals surface area (Å²) in [5, 5.41) is 2.85. The van der Waals surface area contributed by atoms with Gasteiger partial charge in [0.2, 0.25) is 5.91 Å².